The number of nitrogens with one attached hydrogen (secondary N) is 2. The van der Waals surface area contributed by atoms with E-state index in [0.717, 1.165) is 49.0 Å². The standard InChI is InChI=1S/C17H25N3O/c1-3-5-8-13(4-2)17(21)18-12-11-16-19-14-9-6-7-10-15(14)20-16/h6-7,9-10,13H,3-5,8,11-12H2,1-2H3,(H,18,21)(H,19,20). The summed E-state index contributed by atoms with van der Waals surface area (Å²) in [4.78, 5) is 19.9. The van der Waals surface area contributed by atoms with Crippen molar-refractivity contribution in [3.63, 3.8) is 0 Å². The molecule has 1 heterocycles. The molecule has 2 aromatic rings. The number of rotatable bonds is 8. The third-order valence-corrected chi connectivity index (χ3v) is 3.87. The summed E-state index contributed by atoms with van der Waals surface area (Å²) in [5.41, 5.74) is 2.03. The molecule has 0 radical (unpaired) electrons. The molecule has 1 unspecified atom stereocenters. The molecule has 2 rings (SSSR count). The summed E-state index contributed by atoms with van der Waals surface area (Å²) >= 11 is 0. The van der Waals surface area contributed by atoms with Crippen LogP contribution in [0.3, 0.4) is 0 Å². The molecular formula is C17H25N3O. The predicted octanol–water partition coefficient (Wildman–Crippen LogP) is 3.44. The molecule has 4 heteroatoms. The number of unbranched alkanes of at least 4 members (excludes halogenated alkanes) is 1. The molecule has 0 spiro atoms. The van der Waals surface area contributed by atoms with Gasteiger partial charge >= 0.3 is 0 Å². The van der Waals surface area contributed by atoms with Crippen LogP contribution in [0.1, 0.15) is 45.4 Å². The minimum Gasteiger partial charge on any atom is -0.355 e. The molecule has 0 aliphatic carbocycles. The van der Waals surface area contributed by atoms with E-state index < -0.39 is 0 Å². The highest BCUT2D eigenvalue weighted by Gasteiger charge is 2.15. The molecule has 4 nitrogen and oxygen atoms in total. The Kier molecular flexibility index (Phi) is 5.78. The molecular weight excluding hydrogens is 262 g/mol. The van der Waals surface area contributed by atoms with E-state index in [1.165, 1.54) is 0 Å². The molecule has 1 amide bonds. The van der Waals surface area contributed by atoms with Crippen LogP contribution in [0.25, 0.3) is 11.0 Å². The van der Waals surface area contributed by atoms with Gasteiger partial charge in [-0.05, 0) is 25.0 Å². The van der Waals surface area contributed by atoms with E-state index in [1.54, 1.807) is 0 Å². The van der Waals surface area contributed by atoms with Crippen LogP contribution in [0, 0.1) is 5.92 Å². The van der Waals surface area contributed by atoms with Crippen molar-refractivity contribution in [3.8, 4) is 0 Å². The summed E-state index contributed by atoms with van der Waals surface area (Å²) in [6.07, 6.45) is 4.91. The van der Waals surface area contributed by atoms with E-state index in [2.05, 4.69) is 29.1 Å². The number of amides is 1. The van der Waals surface area contributed by atoms with Crippen LogP contribution in [0.2, 0.25) is 0 Å². The van der Waals surface area contributed by atoms with Crippen molar-refractivity contribution < 1.29 is 4.79 Å². The van der Waals surface area contributed by atoms with Crippen molar-refractivity contribution in [2.24, 2.45) is 5.92 Å². The average molecular weight is 287 g/mol. The molecule has 2 N–H and O–H groups in total. The number of nitrogens with zero attached hydrogens (tertiary/aromatic N) is 1. The number of hydrogen-bond acceptors (Lipinski definition) is 2. The van der Waals surface area contributed by atoms with Crippen LogP contribution < -0.4 is 5.32 Å². The van der Waals surface area contributed by atoms with Gasteiger partial charge in [0.15, 0.2) is 0 Å². The summed E-state index contributed by atoms with van der Waals surface area (Å²) in [5, 5.41) is 3.04. The Hall–Kier alpha value is -1.84. The lowest BCUT2D eigenvalue weighted by molar-refractivity contribution is -0.125. The maximum Gasteiger partial charge on any atom is 0.223 e. The van der Waals surface area contributed by atoms with Gasteiger partial charge < -0.3 is 10.3 Å². The fourth-order valence-corrected chi connectivity index (χ4v) is 2.54. The molecule has 0 saturated carbocycles. The minimum absolute atomic E-state index is 0.153. The number of H-pyrrole nitrogens is 1. The second-order valence-electron chi connectivity index (χ2n) is 5.49. The van der Waals surface area contributed by atoms with E-state index in [0.29, 0.717) is 6.54 Å². The van der Waals surface area contributed by atoms with Crippen molar-refractivity contribution in [1.29, 1.82) is 0 Å². The molecule has 1 aromatic heterocycles. The minimum atomic E-state index is 0.153. The Balaban J connectivity index is 1.81. The Labute approximate surface area is 126 Å². The van der Waals surface area contributed by atoms with Gasteiger partial charge in [-0.2, -0.15) is 0 Å². The third-order valence-electron chi connectivity index (χ3n) is 3.87. The number of para-hydroxylation sites is 2. The maximum atomic E-state index is 12.1. The van der Waals surface area contributed by atoms with Crippen molar-refractivity contribution in [2.45, 2.75) is 46.0 Å². The van der Waals surface area contributed by atoms with E-state index in [-0.39, 0.29) is 11.8 Å². The van der Waals surface area contributed by atoms with Gasteiger partial charge in [0.05, 0.1) is 11.0 Å². The molecule has 114 valence electrons. The Morgan fingerprint density at radius 2 is 2.14 bits per heavy atom. The Bertz CT molecular complexity index is 543. The largest absolute Gasteiger partial charge is 0.355 e. The number of benzene rings is 1. The highest BCUT2D eigenvalue weighted by atomic mass is 16.1. The van der Waals surface area contributed by atoms with Crippen molar-refractivity contribution in [3.05, 3.63) is 30.1 Å². The normalized spacial score (nSPS) is 12.5. The fourth-order valence-electron chi connectivity index (χ4n) is 2.54. The monoisotopic (exact) mass is 287 g/mol. The molecule has 21 heavy (non-hydrogen) atoms. The number of hydrogen-bond donors (Lipinski definition) is 2. The summed E-state index contributed by atoms with van der Waals surface area (Å²) in [7, 11) is 0. The molecule has 0 aliphatic heterocycles. The van der Waals surface area contributed by atoms with Crippen LogP contribution in [0.15, 0.2) is 24.3 Å². The van der Waals surface area contributed by atoms with Gasteiger partial charge in [-0.3, -0.25) is 4.79 Å². The van der Waals surface area contributed by atoms with Gasteiger partial charge in [0, 0.05) is 18.9 Å². The van der Waals surface area contributed by atoms with Gasteiger partial charge in [0.2, 0.25) is 5.91 Å². The molecule has 1 aromatic carbocycles. The van der Waals surface area contributed by atoms with E-state index in [4.69, 9.17) is 0 Å². The quantitative estimate of drug-likeness (QED) is 0.781. The lowest BCUT2D eigenvalue weighted by Crippen LogP contribution is -2.32. The SMILES string of the molecule is CCCCC(CC)C(=O)NCCc1nc2ccccc2[nH]1. The first kappa shape index (κ1) is 15.5. The second kappa shape index (κ2) is 7.81. The van der Waals surface area contributed by atoms with E-state index in [1.807, 2.05) is 24.3 Å². The number of carbonyl (C=O) groups excluding carboxylic acids is 1. The van der Waals surface area contributed by atoms with Gasteiger partial charge in [-0.25, -0.2) is 4.98 Å². The highest BCUT2D eigenvalue weighted by Crippen LogP contribution is 2.13. The van der Waals surface area contributed by atoms with Gasteiger partial charge in [0.1, 0.15) is 5.82 Å². The van der Waals surface area contributed by atoms with Gasteiger partial charge in [-0.15, -0.1) is 0 Å². The van der Waals surface area contributed by atoms with E-state index in [9.17, 15) is 4.79 Å². The van der Waals surface area contributed by atoms with Crippen molar-refractivity contribution in [1.82, 2.24) is 15.3 Å². The van der Waals surface area contributed by atoms with Crippen molar-refractivity contribution in [2.75, 3.05) is 6.54 Å². The fraction of sp³-hybridized carbons (Fsp3) is 0.529. The van der Waals surface area contributed by atoms with Crippen LogP contribution in [-0.2, 0) is 11.2 Å². The molecule has 1 atom stereocenters. The average Bonchev–Trinajstić information content (AvgIpc) is 2.90. The van der Waals surface area contributed by atoms with E-state index >= 15 is 0 Å². The van der Waals surface area contributed by atoms with Gasteiger partial charge in [0.25, 0.3) is 0 Å². The molecule has 0 aliphatic rings. The Morgan fingerprint density at radius 3 is 2.86 bits per heavy atom. The van der Waals surface area contributed by atoms with Crippen LogP contribution in [0.4, 0.5) is 0 Å². The van der Waals surface area contributed by atoms with Crippen molar-refractivity contribution >= 4 is 16.9 Å². The first-order valence-corrected chi connectivity index (χ1v) is 7.96. The zero-order chi connectivity index (χ0) is 15.1. The topological polar surface area (TPSA) is 57.8 Å². The third kappa shape index (κ3) is 4.31. The lowest BCUT2D eigenvalue weighted by Gasteiger charge is -2.14. The Morgan fingerprint density at radius 1 is 1.33 bits per heavy atom. The molecule has 0 saturated heterocycles. The zero-order valence-corrected chi connectivity index (χ0v) is 13.0. The predicted molar refractivity (Wildman–Crippen MR) is 86.1 cm³/mol. The molecule has 0 bridgehead atoms. The smallest absolute Gasteiger partial charge is 0.223 e. The van der Waals surface area contributed by atoms with Crippen LogP contribution in [-0.4, -0.2) is 22.4 Å². The number of fused-ring (bicyclic) bond motifs is 1. The van der Waals surface area contributed by atoms with Crippen LogP contribution >= 0.6 is 0 Å². The second-order valence-corrected chi connectivity index (χ2v) is 5.49. The summed E-state index contributed by atoms with van der Waals surface area (Å²) in [6.45, 7) is 4.88. The van der Waals surface area contributed by atoms with Crippen LogP contribution in [0.5, 0.6) is 0 Å². The maximum absolute atomic E-state index is 12.1. The lowest BCUT2D eigenvalue weighted by atomic mass is 9.98. The number of aromatic amines is 1. The number of aromatic nitrogens is 2. The number of carbonyl (C=O) groups is 1. The first-order chi connectivity index (χ1) is 10.2. The highest BCUT2D eigenvalue weighted by molar-refractivity contribution is 5.78. The summed E-state index contributed by atoms with van der Waals surface area (Å²) in [6, 6.07) is 7.98. The molecule has 0 fully saturated rings. The zero-order valence-electron chi connectivity index (χ0n) is 13.0. The summed E-state index contributed by atoms with van der Waals surface area (Å²) < 4.78 is 0. The number of imidazole rings is 1. The summed E-state index contributed by atoms with van der Waals surface area (Å²) in [5.74, 6) is 1.26. The first-order valence-electron chi connectivity index (χ1n) is 7.96. The van der Waals surface area contributed by atoms with Gasteiger partial charge in [-0.1, -0.05) is 38.8 Å².